The van der Waals surface area contributed by atoms with Crippen LogP contribution in [0.15, 0.2) is 48.5 Å². The molecule has 7 nitrogen and oxygen atoms in total. The molecule has 2 N–H and O–H groups in total. The second-order valence-corrected chi connectivity index (χ2v) is 7.31. The fourth-order valence-corrected chi connectivity index (χ4v) is 3.51. The summed E-state index contributed by atoms with van der Waals surface area (Å²) in [5, 5.41) is 0.362. The molecule has 0 unspecified atom stereocenters. The van der Waals surface area contributed by atoms with Gasteiger partial charge in [-0.15, -0.1) is 0 Å². The lowest BCUT2D eigenvalue weighted by Gasteiger charge is -2.11. The van der Waals surface area contributed by atoms with Gasteiger partial charge < -0.3 is 19.8 Å². The van der Waals surface area contributed by atoms with Crippen molar-refractivity contribution in [2.24, 2.45) is 5.73 Å². The van der Waals surface area contributed by atoms with Gasteiger partial charge in [-0.25, -0.2) is 4.79 Å². The number of hydrogen-bond donors (Lipinski definition) is 1. The van der Waals surface area contributed by atoms with E-state index in [1.54, 1.807) is 30.3 Å². The first-order valence-corrected chi connectivity index (χ1v) is 9.73. The van der Waals surface area contributed by atoms with Gasteiger partial charge in [-0.3, -0.25) is 9.59 Å². The highest BCUT2D eigenvalue weighted by Gasteiger charge is 2.19. The second kappa shape index (κ2) is 9.06. The minimum absolute atomic E-state index is 0.147. The van der Waals surface area contributed by atoms with Gasteiger partial charge in [-0.1, -0.05) is 11.6 Å². The number of carbonyl (C=O) groups excluding carboxylic acids is 3. The summed E-state index contributed by atoms with van der Waals surface area (Å²) in [7, 11) is 1.33. The van der Waals surface area contributed by atoms with Crippen LogP contribution in [0.25, 0.3) is 5.69 Å². The van der Waals surface area contributed by atoms with Crippen LogP contribution in [0.3, 0.4) is 0 Å². The highest BCUT2D eigenvalue weighted by atomic mass is 35.5. The summed E-state index contributed by atoms with van der Waals surface area (Å²) in [5.41, 5.74) is 8.78. The van der Waals surface area contributed by atoms with Crippen molar-refractivity contribution in [1.29, 1.82) is 0 Å². The highest BCUT2D eigenvalue weighted by Crippen LogP contribution is 2.25. The van der Waals surface area contributed by atoms with Crippen LogP contribution in [-0.2, 0) is 4.74 Å². The lowest BCUT2D eigenvalue weighted by atomic mass is 10.1. The third-order valence-electron chi connectivity index (χ3n) is 4.85. The number of aryl methyl sites for hydroxylation is 1. The van der Waals surface area contributed by atoms with Crippen molar-refractivity contribution in [3.05, 3.63) is 81.6 Å². The van der Waals surface area contributed by atoms with Gasteiger partial charge in [0, 0.05) is 27.7 Å². The molecule has 0 saturated carbocycles. The third-order valence-corrected chi connectivity index (χ3v) is 5.08. The minimum atomic E-state index is -0.673. The Kier molecular flexibility index (Phi) is 6.46. The largest absolute Gasteiger partial charge is 0.485 e. The monoisotopic (exact) mass is 440 g/mol. The van der Waals surface area contributed by atoms with Gasteiger partial charge in [0.1, 0.15) is 5.75 Å². The topological polar surface area (TPSA) is 101 Å². The van der Waals surface area contributed by atoms with Crippen molar-refractivity contribution in [2.75, 3.05) is 13.7 Å². The molecule has 3 aromatic rings. The molecule has 0 bridgehead atoms. The molecule has 0 spiro atoms. The van der Waals surface area contributed by atoms with Crippen molar-refractivity contribution in [2.45, 2.75) is 13.8 Å². The first kappa shape index (κ1) is 22.1. The average Bonchev–Trinajstić information content (AvgIpc) is 3.05. The smallest absolute Gasteiger partial charge is 0.337 e. The summed E-state index contributed by atoms with van der Waals surface area (Å²) in [6.07, 6.45) is 0. The highest BCUT2D eigenvalue weighted by molar-refractivity contribution is 6.30. The van der Waals surface area contributed by atoms with E-state index in [4.69, 9.17) is 26.8 Å². The van der Waals surface area contributed by atoms with Crippen LogP contribution in [0.2, 0.25) is 5.02 Å². The number of nitrogens with zero attached hydrogens (tertiary/aromatic N) is 1. The number of hydrogen-bond acceptors (Lipinski definition) is 5. The number of methoxy groups -OCH3 is 1. The molecule has 8 heteroatoms. The molecule has 1 aromatic heterocycles. The molecule has 2 aromatic carbocycles. The summed E-state index contributed by atoms with van der Waals surface area (Å²) >= 11 is 5.96. The van der Waals surface area contributed by atoms with E-state index in [1.165, 1.54) is 25.3 Å². The maximum absolute atomic E-state index is 12.8. The normalized spacial score (nSPS) is 10.6. The zero-order valence-electron chi connectivity index (χ0n) is 17.3. The van der Waals surface area contributed by atoms with E-state index in [0.29, 0.717) is 16.1 Å². The first-order valence-electron chi connectivity index (χ1n) is 9.36. The number of primary amides is 1. The molecule has 0 aliphatic rings. The van der Waals surface area contributed by atoms with E-state index in [1.807, 2.05) is 18.4 Å². The molecule has 1 amide bonds. The molecule has 0 saturated heterocycles. The summed E-state index contributed by atoms with van der Waals surface area (Å²) in [4.78, 5) is 36.0. The number of benzene rings is 2. The summed E-state index contributed by atoms with van der Waals surface area (Å²) < 4.78 is 12.2. The maximum Gasteiger partial charge on any atom is 0.337 e. The molecule has 160 valence electrons. The Balaban J connectivity index is 1.84. The van der Waals surface area contributed by atoms with Crippen molar-refractivity contribution < 1.29 is 23.9 Å². The van der Waals surface area contributed by atoms with E-state index in [-0.39, 0.29) is 23.7 Å². The summed E-state index contributed by atoms with van der Waals surface area (Å²) in [6.45, 7) is 3.41. The van der Waals surface area contributed by atoms with Crippen LogP contribution >= 0.6 is 11.6 Å². The summed E-state index contributed by atoms with van der Waals surface area (Å²) in [5.74, 6) is -1.20. The predicted octanol–water partition coefficient (Wildman–Crippen LogP) is 3.89. The zero-order chi connectivity index (χ0) is 22.7. The molecule has 1 heterocycles. The fraction of sp³-hybridized carbons (Fsp3) is 0.174. The van der Waals surface area contributed by atoms with Gasteiger partial charge in [0.2, 0.25) is 5.78 Å². The van der Waals surface area contributed by atoms with Crippen molar-refractivity contribution >= 4 is 29.3 Å². The molecule has 0 fully saturated rings. The van der Waals surface area contributed by atoms with Gasteiger partial charge in [-0.2, -0.15) is 0 Å². The maximum atomic E-state index is 12.8. The molecule has 0 radical (unpaired) electrons. The Labute approximate surface area is 184 Å². The number of ketones is 1. The number of amides is 1. The molecule has 0 aliphatic carbocycles. The van der Waals surface area contributed by atoms with Gasteiger partial charge >= 0.3 is 5.97 Å². The van der Waals surface area contributed by atoms with Crippen LogP contribution in [0, 0.1) is 13.8 Å². The number of carbonyl (C=O) groups is 3. The SMILES string of the molecule is COC(=O)c1ccc(-n2c(C)cc(C(=O)COc3cc(Cl)ccc3C(N)=O)c2C)cc1. The van der Waals surface area contributed by atoms with Crippen molar-refractivity contribution in [1.82, 2.24) is 4.57 Å². The Hall–Kier alpha value is -3.58. The number of Topliss-reactive ketones (excluding diaryl/α,β-unsaturated/α-hetero) is 1. The van der Waals surface area contributed by atoms with Gasteiger partial charge in [0.15, 0.2) is 6.61 Å². The third kappa shape index (κ3) is 4.62. The van der Waals surface area contributed by atoms with E-state index >= 15 is 0 Å². The van der Waals surface area contributed by atoms with E-state index in [2.05, 4.69) is 0 Å². The van der Waals surface area contributed by atoms with Crippen molar-refractivity contribution in [3.8, 4) is 11.4 Å². The molecular weight excluding hydrogens is 420 g/mol. The Bertz CT molecular complexity index is 1170. The molecule has 31 heavy (non-hydrogen) atoms. The van der Waals surface area contributed by atoms with Crippen LogP contribution < -0.4 is 10.5 Å². The lowest BCUT2D eigenvalue weighted by molar-refractivity contribution is 0.0600. The number of ether oxygens (including phenoxy) is 2. The van der Waals surface area contributed by atoms with E-state index in [0.717, 1.165) is 17.1 Å². The van der Waals surface area contributed by atoms with Crippen LogP contribution in [0.1, 0.15) is 42.5 Å². The van der Waals surface area contributed by atoms with Gasteiger partial charge in [0.05, 0.1) is 18.2 Å². The zero-order valence-corrected chi connectivity index (χ0v) is 18.0. The molecule has 0 atom stereocenters. The predicted molar refractivity (Wildman–Crippen MR) is 116 cm³/mol. The van der Waals surface area contributed by atoms with Crippen LogP contribution in [0.4, 0.5) is 0 Å². The number of aromatic nitrogens is 1. The Morgan fingerprint density at radius 1 is 1.00 bits per heavy atom. The number of rotatable bonds is 7. The molecular formula is C23H21ClN2O5. The Morgan fingerprint density at radius 3 is 2.29 bits per heavy atom. The second-order valence-electron chi connectivity index (χ2n) is 6.88. The summed E-state index contributed by atoms with van der Waals surface area (Å²) in [6, 6.07) is 13.1. The van der Waals surface area contributed by atoms with Gasteiger partial charge in [0.25, 0.3) is 5.91 Å². The standard InChI is InChI=1S/C23H21ClN2O5/c1-13-10-19(14(2)26(13)17-7-4-15(5-8-17)23(29)30-3)20(27)12-31-21-11-16(24)6-9-18(21)22(25)28/h4-11H,12H2,1-3H3,(H2,25,28). The fourth-order valence-electron chi connectivity index (χ4n) is 3.35. The van der Waals surface area contributed by atoms with Gasteiger partial charge in [-0.05, 0) is 62.4 Å². The van der Waals surface area contributed by atoms with E-state index < -0.39 is 11.9 Å². The average molecular weight is 441 g/mol. The number of halogens is 1. The van der Waals surface area contributed by atoms with Crippen molar-refractivity contribution in [3.63, 3.8) is 0 Å². The molecule has 3 rings (SSSR count). The quantitative estimate of drug-likeness (QED) is 0.443. The number of nitrogens with two attached hydrogens (primary N) is 1. The van der Waals surface area contributed by atoms with E-state index in [9.17, 15) is 14.4 Å². The van der Waals surface area contributed by atoms with Crippen LogP contribution in [0.5, 0.6) is 5.75 Å². The minimum Gasteiger partial charge on any atom is -0.485 e. The number of esters is 1. The van der Waals surface area contributed by atoms with Crippen LogP contribution in [-0.4, -0.2) is 35.9 Å². The first-order chi connectivity index (χ1) is 14.7. The molecule has 0 aliphatic heterocycles. The Morgan fingerprint density at radius 2 is 1.68 bits per heavy atom. The lowest BCUT2D eigenvalue weighted by Crippen LogP contribution is -2.17.